The first-order valence-corrected chi connectivity index (χ1v) is 8.79. The van der Waals surface area contributed by atoms with Crippen molar-refractivity contribution in [1.29, 1.82) is 0 Å². The lowest BCUT2D eigenvalue weighted by atomic mass is 9.91. The first-order chi connectivity index (χ1) is 9.52. The van der Waals surface area contributed by atoms with Gasteiger partial charge in [-0.2, -0.15) is 0 Å². The standard InChI is InChI=1S/C16H27N3S/c1-16(2,3)15-13(10-17-12-6-7-12)20-14(18-15)11-19-8-4-5-9-19/h12,17H,4-11H2,1-3H3. The van der Waals surface area contributed by atoms with Gasteiger partial charge < -0.3 is 5.32 Å². The first-order valence-electron chi connectivity index (χ1n) is 7.97. The van der Waals surface area contributed by atoms with Crippen LogP contribution in [0.2, 0.25) is 0 Å². The monoisotopic (exact) mass is 293 g/mol. The van der Waals surface area contributed by atoms with Crippen molar-refractivity contribution in [3.63, 3.8) is 0 Å². The fourth-order valence-corrected chi connectivity index (χ4v) is 4.10. The summed E-state index contributed by atoms with van der Waals surface area (Å²) in [6.07, 6.45) is 5.41. The predicted molar refractivity (Wildman–Crippen MR) is 85.2 cm³/mol. The van der Waals surface area contributed by atoms with E-state index in [0.29, 0.717) is 0 Å². The van der Waals surface area contributed by atoms with Gasteiger partial charge >= 0.3 is 0 Å². The zero-order chi connectivity index (χ0) is 14.2. The molecular weight excluding hydrogens is 266 g/mol. The van der Waals surface area contributed by atoms with E-state index >= 15 is 0 Å². The number of hydrogen-bond acceptors (Lipinski definition) is 4. The van der Waals surface area contributed by atoms with Gasteiger partial charge in [-0.3, -0.25) is 4.90 Å². The molecule has 2 heterocycles. The third-order valence-corrected chi connectivity index (χ3v) is 5.18. The number of thiazole rings is 1. The second-order valence-electron chi connectivity index (χ2n) is 7.27. The first kappa shape index (κ1) is 14.5. The van der Waals surface area contributed by atoms with Crippen LogP contribution in [0.15, 0.2) is 0 Å². The Morgan fingerprint density at radius 2 is 1.95 bits per heavy atom. The molecule has 3 nitrogen and oxygen atoms in total. The molecule has 1 aromatic rings. The van der Waals surface area contributed by atoms with Crippen LogP contribution in [0.4, 0.5) is 0 Å². The fraction of sp³-hybridized carbons (Fsp3) is 0.812. The largest absolute Gasteiger partial charge is 0.309 e. The van der Waals surface area contributed by atoms with Gasteiger partial charge in [0.25, 0.3) is 0 Å². The van der Waals surface area contributed by atoms with Crippen molar-refractivity contribution in [2.45, 2.75) is 71.0 Å². The van der Waals surface area contributed by atoms with Gasteiger partial charge in [0.2, 0.25) is 0 Å². The minimum atomic E-state index is 0.153. The molecule has 1 aliphatic heterocycles. The number of nitrogens with zero attached hydrogens (tertiary/aromatic N) is 2. The van der Waals surface area contributed by atoms with Gasteiger partial charge in [-0.15, -0.1) is 11.3 Å². The molecule has 1 aromatic heterocycles. The van der Waals surface area contributed by atoms with E-state index in [1.807, 2.05) is 11.3 Å². The van der Waals surface area contributed by atoms with Gasteiger partial charge in [-0.25, -0.2) is 4.98 Å². The second kappa shape index (κ2) is 5.74. The van der Waals surface area contributed by atoms with Crippen LogP contribution < -0.4 is 5.32 Å². The number of rotatable bonds is 5. The summed E-state index contributed by atoms with van der Waals surface area (Å²) in [5.41, 5.74) is 1.46. The van der Waals surface area contributed by atoms with Gasteiger partial charge in [0.1, 0.15) is 5.01 Å². The van der Waals surface area contributed by atoms with Crippen LogP contribution in [0.3, 0.4) is 0 Å². The van der Waals surface area contributed by atoms with Crippen molar-refractivity contribution >= 4 is 11.3 Å². The number of likely N-dealkylation sites (tertiary alicyclic amines) is 1. The lowest BCUT2D eigenvalue weighted by Crippen LogP contribution is -2.20. The average Bonchev–Trinajstić information content (AvgIpc) is 2.88. The Morgan fingerprint density at radius 1 is 1.25 bits per heavy atom. The summed E-state index contributed by atoms with van der Waals surface area (Å²) in [6, 6.07) is 0.770. The highest BCUT2D eigenvalue weighted by Gasteiger charge is 2.26. The molecule has 2 aliphatic rings. The van der Waals surface area contributed by atoms with Crippen molar-refractivity contribution in [2.24, 2.45) is 0 Å². The van der Waals surface area contributed by atoms with Crippen LogP contribution in [0.5, 0.6) is 0 Å². The maximum absolute atomic E-state index is 4.98. The summed E-state index contributed by atoms with van der Waals surface area (Å²) in [5, 5.41) is 4.96. The van der Waals surface area contributed by atoms with Crippen LogP contribution in [0, 0.1) is 0 Å². The highest BCUT2D eigenvalue weighted by molar-refractivity contribution is 7.11. The Hall–Kier alpha value is -0.450. The van der Waals surface area contributed by atoms with E-state index in [-0.39, 0.29) is 5.41 Å². The van der Waals surface area contributed by atoms with Crippen molar-refractivity contribution in [2.75, 3.05) is 13.1 Å². The summed E-state index contributed by atoms with van der Waals surface area (Å²) in [5.74, 6) is 0. The maximum Gasteiger partial charge on any atom is 0.107 e. The van der Waals surface area contributed by atoms with Crippen molar-refractivity contribution in [3.05, 3.63) is 15.6 Å². The Morgan fingerprint density at radius 3 is 2.55 bits per heavy atom. The normalized spacial score (nSPS) is 20.8. The molecule has 0 radical (unpaired) electrons. The lowest BCUT2D eigenvalue weighted by Gasteiger charge is -2.18. The lowest BCUT2D eigenvalue weighted by molar-refractivity contribution is 0.330. The quantitative estimate of drug-likeness (QED) is 0.903. The summed E-state index contributed by atoms with van der Waals surface area (Å²) in [6.45, 7) is 11.4. The summed E-state index contributed by atoms with van der Waals surface area (Å²) in [7, 11) is 0. The Labute approximate surface area is 126 Å². The molecule has 1 N–H and O–H groups in total. The van der Waals surface area contributed by atoms with Gasteiger partial charge in [-0.1, -0.05) is 20.8 Å². The van der Waals surface area contributed by atoms with E-state index in [4.69, 9.17) is 4.98 Å². The maximum atomic E-state index is 4.98. The van der Waals surface area contributed by atoms with E-state index in [1.165, 1.54) is 54.4 Å². The number of nitrogens with one attached hydrogen (secondary N) is 1. The molecule has 0 bridgehead atoms. The summed E-state index contributed by atoms with van der Waals surface area (Å²) in [4.78, 5) is 8.98. The number of hydrogen-bond donors (Lipinski definition) is 1. The zero-order valence-electron chi connectivity index (χ0n) is 13.0. The molecule has 20 heavy (non-hydrogen) atoms. The SMILES string of the molecule is CC(C)(C)c1nc(CN2CCCC2)sc1CNC1CC1. The third kappa shape index (κ3) is 3.60. The molecule has 0 aromatic carbocycles. The van der Waals surface area contributed by atoms with Gasteiger partial charge in [0, 0.05) is 22.9 Å². The van der Waals surface area contributed by atoms with E-state index in [9.17, 15) is 0 Å². The van der Waals surface area contributed by atoms with Crippen LogP contribution in [-0.2, 0) is 18.5 Å². The van der Waals surface area contributed by atoms with Crippen LogP contribution in [0.25, 0.3) is 0 Å². The van der Waals surface area contributed by atoms with Crippen molar-refractivity contribution < 1.29 is 0 Å². The molecule has 1 saturated heterocycles. The highest BCUT2D eigenvalue weighted by Crippen LogP contribution is 2.31. The van der Waals surface area contributed by atoms with E-state index in [0.717, 1.165) is 19.1 Å². The minimum absolute atomic E-state index is 0.153. The molecule has 0 unspecified atom stereocenters. The zero-order valence-corrected chi connectivity index (χ0v) is 13.9. The van der Waals surface area contributed by atoms with Crippen LogP contribution in [0.1, 0.15) is 62.0 Å². The van der Waals surface area contributed by atoms with E-state index < -0.39 is 0 Å². The third-order valence-electron chi connectivity index (χ3n) is 4.14. The molecule has 3 rings (SSSR count). The topological polar surface area (TPSA) is 28.2 Å². The molecule has 0 spiro atoms. The predicted octanol–water partition coefficient (Wildman–Crippen LogP) is 3.29. The van der Waals surface area contributed by atoms with E-state index in [1.54, 1.807) is 0 Å². The molecule has 0 atom stereocenters. The molecule has 0 amide bonds. The fourth-order valence-electron chi connectivity index (χ4n) is 2.83. The number of aromatic nitrogens is 1. The van der Waals surface area contributed by atoms with Crippen LogP contribution in [-0.4, -0.2) is 29.0 Å². The smallest absolute Gasteiger partial charge is 0.107 e. The molecule has 1 saturated carbocycles. The molecule has 2 fully saturated rings. The summed E-state index contributed by atoms with van der Waals surface area (Å²) >= 11 is 1.93. The van der Waals surface area contributed by atoms with Gasteiger partial charge in [0.15, 0.2) is 0 Å². The van der Waals surface area contributed by atoms with Crippen LogP contribution >= 0.6 is 11.3 Å². The summed E-state index contributed by atoms with van der Waals surface area (Å²) < 4.78 is 0. The molecule has 4 heteroatoms. The molecular formula is C16H27N3S. The minimum Gasteiger partial charge on any atom is -0.309 e. The van der Waals surface area contributed by atoms with Gasteiger partial charge in [0.05, 0.1) is 12.2 Å². The Balaban J connectivity index is 1.72. The Kier molecular flexibility index (Phi) is 4.16. The highest BCUT2D eigenvalue weighted by atomic mass is 32.1. The second-order valence-corrected chi connectivity index (χ2v) is 8.44. The van der Waals surface area contributed by atoms with Crippen molar-refractivity contribution in [3.8, 4) is 0 Å². The van der Waals surface area contributed by atoms with Crippen molar-refractivity contribution in [1.82, 2.24) is 15.2 Å². The molecule has 1 aliphatic carbocycles. The average molecular weight is 293 g/mol. The molecule has 112 valence electrons. The van der Waals surface area contributed by atoms with Gasteiger partial charge in [-0.05, 0) is 38.8 Å². The van der Waals surface area contributed by atoms with E-state index in [2.05, 4.69) is 31.0 Å². The Bertz CT molecular complexity index is 451.